The van der Waals surface area contributed by atoms with Gasteiger partial charge in [-0.15, -0.1) is 0 Å². The van der Waals surface area contributed by atoms with Gasteiger partial charge in [0.25, 0.3) is 0 Å². The first-order valence-electron chi connectivity index (χ1n) is 8.84. The zero-order valence-electron chi connectivity index (χ0n) is 14.6. The second-order valence-electron chi connectivity index (χ2n) is 6.53. The molecule has 0 fully saturated rings. The van der Waals surface area contributed by atoms with Crippen LogP contribution in [0.1, 0.15) is 30.7 Å². The number of allylic oxidation sites excluding steroid dienone is 3. The minimum atomic E-state index is -0.522. The molecule has 0 saturated heterocycles. The summed E-state index contributed by atoms with van der Waals surface area (Å²) in [6.45, 7) is 0. The van der Waals surface area contributed by atoms with Gasteiger partial charge >= 0.3 is 0 Å². The van der Waals surface area contributed by atoms with Crippen molar-refractivity contribution < 1.29 is 14.3 Å². The lowest BCUT2D eigenvalue weighted by atomic mass is 9.77. The molecular weight excluding hydrogens is 340 g/mol. The summed E-state index contributed by atoms with van der Waals surface area (Å²) in [5.74, 6) is 1.49. The predicted molar refractivity (Wildman–Crippen MR) is 99.5 cm³/mol. The molecule has 134 valence electrons. The first-order chi connectivity index (χ1) is 13.2. The second-order valence-corrected chi connectivity index (χ2v) is 6.53. The number of hydrogen-bond donors (Lipinski definition) is 1. The first-order valence-corrected chi connectivity index (χ1v) is 8.84. The van der Waals surface area contributed by atoms with Crippen LogP contribution in [0.4, 0.5) is 0 Å². The lowest BCUT2D eigenvalue weighted by Crippen LogP contribution is -2.27. The van der Waals surface area contributed by atoms with Gasteiger partial charge in [-0.2, -0.15) is 5.26 Å². The summed E-state index contributed by atoms with van der Waals surface area (Å²) in [6.07, 6.45) is 1.84. The molecule has 1 aliphatic carbocycles. The molecule has 2 N–H and O–H groups in total. The van der Waals surface area contributed by atoms with Crippen LogP contribution in [0.25, 0.3) is 0 Å². The topological polar surface area (TPSA) is 85.3 Å². The number of carbonyl (C=O) groups is 1. The van der Waals surface area contributed by atoms with Crippen LogP contribution in [0.15, 0.2) is 77.4 Å². The van der Waals surface area contributed by atoms with Crippen molar-refractivity contribution in [3.05, 3.63) is 82.9 Å². The Bertz CT molecular complexity index is 1000. The lowest BCUT2D eigenvalue weighted by Gasteiger charge is -2.31. The van der Waals surface area contributed by atoms with E-state index in [2.05, 4.69) is 6.07 Å². The SMILES string of the molecule is N#CC1=C(N)OC2=C(C(=O)CCC2)C1c1cccc(Oc2ccccc2)c1. The fraction of sp³-hybridized carbons (Fsp3) is 0.182. The zero-order valence-corrected chi connectivity index (χ0v) is 14.6. The standard InChI is InChI=1S/C22H18N2O3/c23-13-17-20(21-18(25)10-5-11-19(21)27-22(17)24)14-6-4-9-16(12-14)26-15-7-2-1-3-8-15/h1-4,6-9,12,20H,5,10-11,24H2. The van der Waals surface area contributed by atoms with Crippen molar-refractivity contribution in [2.75, 3.05) is 0 Å². The summed E-state index contributed by atoms with van der Waals surface area (Å²) in [4.78, 5) is 12.6. The number of benzene rings is 2. The number of ether oxygens (including phenoxy) is 2. The third kappa shape index (κ3) is 3.18. The van der Waals surface area contributed by atoms with Crippen LogP contribution in [0.3, 0.4) is 0 Å². The number of nitrogens with two attached hydrogens (primary N) is 1. The molecule has 1 unspecified atom stereocenters. The van der Waals surface area contributed by atoms with E-state index in [1.165, 1.54) is 0 Å². The van der Waals surface area contributed by atoms with Gasteiger partial charge < -0.3 is 15.2 Å². The number of Topliss-reactive ketones (excluding diaryl/α,β-unsaturated/α-hetero) is 1. The zero-order chi connectivity index (χ0) is 18.8. The van der Waals surface area contributed by atoms with E-state index in [-0.39, 0.29) is 17.2 Å². The average Bonchev–Trinajstić information content (AvgIpc) is 2.68. The number of carbonyl (C=O) groups excluding carboxylic acids is 1. The Morgan fingerprint density at radius 1 is 1.07 bits per heavy atom. The quantitative estimate of drug-likeness (QED) is 0.884. The first kappa shape index (κ1) is 16.9. The molecule has 1 atom stereocenters. The van der Waals surface area contributed by atoms with Crippen molar-refractivity contribution >= 4 is 5.78 Å². The number of nitrogens with zero attached hydrogens (tertiary/aromatic N) is 1. The van der Waals surface area contributed by atoms with Crippen molar-refractivity contribution in [1.82, 2.24) is 0 Å². The fourth-order valence-corrected chi connectivity index (χ4v) is 3.57. The highest BCUT2D eigenvalue weighted by atomic mass is 16.5. The maximum atomic E-state index is 12.6. The largest absolute Gasteiger partial charge is 0.457 e. The van der Waals surface area contributed by atoms with Crippen LogP contribution in [0, 0.1) is 11.3 Å². The normalized spacial score (nSPS) is 19.2. The highest BCUT2D eigenvalue weighted by molar-refractivity contribution is 5.99. The van der Waals surface area contributed by atoms with Crippen LogP contribution in [0.2, 0.25) is 0 Å². The second kappa shape index (κ2) is 7.00. The van der Waals surface area contributed by atoms with E-state index in [0.29, 0.717) is 35.7 Å². The molecule has 0 saturated carbocycles. The number of rotatable bonds is 3. The smallest absolute Gasteiger partial charge is 0.205 e. The Balaban J connectivity index is 1.77. The van der Waals surface area contributed by atoms with Crippen molar-refractivity contribution in [1.29, 1.82) is 5.26 Å². The molecule has 5 nitrogen and oxygen atoms in total. The molecule has 2 aromatic carbocycles. The molecule has 0 radical (unpaired) electrons. The van der Waals surface area contributed by atoms with Gasteiger partial charge in [-0.1, -0.05) is 30.3 Å². The van der Waals surface area contributed by atoms with Crippen LogP contribution in [-0.4, -0.2) is 5.78 Å². The summed E-state index contributed by atoms with van der Waals surface area (Å²) < 4.78 is 11.5. The van der Waals surface area contributed by atoms with E-state index in [4.69, 9.17) is 15.2 Å². The molecule has 0 aromatic heterocycles. The fourth-order valence-electron chi connectivity index (χ4n) is 3.57. The molecule has 5 heteroatoms. The predicted octanol–water partition coefficient (Wildman–Crippen LogP) is 4.29. The van der Waals surface area contributed by atoms with E-state index in [1.807, 2.05) is 54.6 Å². The van der Waals surface area contributed by atoms with Gasteiger partial charge in [0.15, 0.2) is 5.78 Å². The highest BCUT2D eigenvalue weighted by Crippen LogP contribution is 2.44. The highest BCUT2D eigenvalue weighted by Gasteiger charge is 2.38. The summed E-state index contributed by atoms with van der Waals surface area (Å²) in [5.41, 5.74) is 7.59. The third-order valence-electron chi connectivity index (χ3n) is 4.78. The van der Waals surface area contributed by atoms with E-state index >= 15 is 0 Å². The molecule has 1 aliphatic heterocycles. The van der Waals surface area contributed by atoms with Gasteiger partial charge in [0.05, 0.1) is 5.92 Å². The molecule has 0 amide bonds. The van der Waals surface area contributed by atoms with E-state index in [1.54, 1.807) is 0 Å². The summed E-state index contributed by atoms with van der Waals surface area (Å²) >= 11 is 0. The number of nitriles is 1. The third-order valence-corrected chi connectivity index (χ3v) is 4.78. The van der Waals surface area contributed by atoms with Gasteiger partial charge in [-0.3, -0.25) is 4.79 Å². The minimum absolute atomic E-state index is 0.0101. The molecule has 2 aromatic rings. The molecule has 2 aliphatic rings. The Labute approximate surface area is 157 Å². The number of ketones is 1. The van der Waals surface area contributed by atoms with Gasteiger partial charge in [0, 0.05) is 18.4 Å². The van der Waals surface area contributed by atoms with Crippen LogP contribution in [0.5, 0.6) is 11.5 Å². The summed E-state index contributed by atoms with van der Waals surface area (Å²) in [5, 5.41) is 9.64. The monoisotopic (exact) mass is 358 g/mol. The molecule has 0 spiro atoms. The maximum absolute atomic E-state index is 12.6. The molecule has 27 heavy (non-hydrogen) atoms. The van der Waals surface area contributed by atoms with E-state index in [9.17, 15) is 10.1 Å². The Kier molecular flexibility index (Phi) is 4.39. The Morgan fingerprint density at radius 3 is 2.63 bits per heavy atom. The molecule has 1 heterocycles. The Hall–Kier alpha value is -3.52. The van der Waals surface area contributed by atoms with Crippen molar-refractivity contribution in [3.63, 3.8) is 0 Å². The van der Waals surface area contributed by atoms with Gasteiger partial charge in [-0.25, -0.2) is 0 Å². The summed E-state index contributed by atoms with van der Waals surface area (Å²) in [7, 11) is 0. The van der Waals surface area contributed by atoms with Crippen molar-refractivity contribution in [2.45, 2.75) is 25.2 Å². The lowest BCUT2D eigenvalue weighted by molar-refractivity contribution is -0.116. The van der Waals surface area contributed by atoms with Crippen LogP contribution >= 0.6 is 0 Å². The Morgan fingerprint density at radius 2 is 1.85 bits per heavy atom. The van der Waals surface area contributed by atoms with Gasteiger partial charge in [0.2, 0.25) is 5.88 Å². The van der Waals surface area contributed by atoms with Crippen LogP contribution in [-0.2, 0) is 9.53 Å². The molecular formula is C22H18N2O3. The maximum Gasteiger partial charge on any atom is 0.205 e. The summed E-state index contributed by atoms with van der Waals surface area (Å²) in [6, 6.07) is 19.0. The minimum Gasteiger partial charge on any atom is -0.457 e. The van der Waals surface area contributed by atoms with E-state index < -0.39 is 5.92 Å². The molecule has 0 bridgehead atoms. The van der Waals surface area contributed by atoms with Gasteiger partial charge in [0.1, 0.15) is 28.9 Å². The van der Waals surface area contributed by atoms with Crippen molar-refractivity contribution in [3.8, 4) is 17.6 Å². The van der Waals surface area contributed by atoms with Crippen molar-refractivity contribution in [2.24, 2.45) is 5.73 Å². The average molecular weight is 358 g/mol. The van der Waals surface area contributed by atoms with E-state index in [0.717, 1.165) is 12.0 Å². The number of hydrogen-bond acceptors (Lipinski definition) is 5. The number of para-hydroxylation sites is 1. The van der Waals surface area contributed by atoms with Crippen LogP contribution < -0.4 is 10.5 Å². The van der Waals surface area contributed by atoms with Gasteiger partial charge in [-0.05, 0) is 36.2 Å². The molecule has 4 rings (SSSR count).